The molecule has 1 aliphatic carbocycles. The van der Waals surface area contributed by atoms with Crippen LogP contribution in [-0.2, 0) is 14.3 Å². The minimum absolute atomic E-state index is 0.181. The fourth-order valence-electron chi connectivity index (χ4n) is 5.11. The number of hydrogen-bond donors (Lipinski definition) is 3. The number of nitrogens with zero attached hydrogens (tertiary/aromatic N) is 1. The van der Waals surface area contributed by atoms with Crippen LogP contribution in [0.3, 0.4) is 0 Å². The Hall–Kier alpha value is -3.34. The summed E-state index contributed by atoms with van der Waals surface area (Å²) in [6, 6.07) is 12.3. The van der Waals surface area contributed by atoms with Crippen molar-refractivity contribution >= 4 is 12.0 Å². The molecule has 0 radical (unpaired) electrons. The van der Waals surface area contributed by atoms with Gasteiger partial charge in [0.05, 0.1) is 49.7 Å². The van der Waals surface area contributed by atoms with E-state index in [1.54, 1.807) is 24.0 Å². The van der Waals surface area contributed by atoms with Crippen molar-refractivity contribution in [3.05, 3.63) is 59.2 Å². The molecule has 226 valence electrons. The van der Waals surface area contributed by atoms with Crippen molar-refractivity contribution in [1.82, 2.24) is 10.2 Å². The van der Waals surface area contributed by atoms with E-state index in [0.717, 1.165) is 5.56 Å². The fraction of sp³-hybridized carbons (Fsp3) is 0.548. The third-order valence-corrected chi connectivity index (χ3v) is 7.56. The summed E-state index contributed by atoms with van der Waals surface area (Å²) in [5, 5.41) is 23.2. The maximum absolute atomic E-state index is 13.8. The summed E-state index contributed by atoms with van der Waals surface area (Å²) in [5.41, 5.74) is 0.848. The van der Waals surface area contributed by atoms with Crippen molar-refractivity contribution in [1.29, 1.82) is 0 Å². The molecule has 2 amide bonds. The molecule has 3 atom stereocenters. The highest BCUT2D eigenvalue weighted by Crippen LogP contribution is 2.39. The van der Waals surface area contributed by atoms with E-state index < -0.39 is 29.7 Å². The van der Waals surface area contributed by atoms with Crippen LogP contribution in [0, 0.1) is 0 Å². The number of nitrogens with one attached hydrogen (secondary N) is 1. The van der Waals surface area contributed by atoms with Crippen molar-refractivity contribution in [2.24, 2.45) is 0 Å². The molecule has 0 aliphatic heterocycles. The van der Waals surface area contributed by atoms with Crippen molar-refractivity contribution in [3.63, 3.8) is 0 Å². The fourth-order valence-corrected chi connectivity index (χ4v) is 5.11. The Labute approximate surface area is 242 Å². The number of hydrogen-bond acceptors (Lipinski definition) is 7. The molecular formula is C31H44N2O8. The van der Waals surface area contributed by atoms with Crippen molar-refractivity contribution in [2.45, 2.75) is 77.4 Å². The lowest BCUT2D eigenvalue weighted by Gasteiger charge is -2.45. The minimum Gasteiger partial charge on any atom is -0.493 e. The van der Waals surface area contributed by atoms with E-state index in [0.29, 0.717) is 35.8 Å². The summed E-state index contributed by atoms with van der Waals surface area (Å²) in [6.07, 6.45) is -0.906. The third-order valence-electron chi connectivity index (χ3n) is 7.56. The number of carbonyl (C=O) groups excluding carboxylic acids is 1. The highest BCUT2D eigenvalue weighted by molar-refractivity contribution is 5.87. The standard InChI is InChI=1S/C31H44N2O8/c1-7-39-26-16-24(17-27(40-8-2)28(26)21(4)34)20(3)33(14-15-41-22(5)23-12-10-9-11-13-23)30(37)32-31(29(35)36)18-25(19-31)38-6/h9-13,16-17,20-22,25,34H,7-8,14-15,18-19H2,1-6H3,(H,32,37)(H,35,36)/t20-,21?,22+,25?,31?/m1/s1. The lowest BCUT2D eigenvalue weighted by Crippen LogP contribution is -2.66. The number of rotatable bonds is 15. The van der Waals surface area contributed by atoms with Gasteiger partial charge in [-0.05, 0) is 57.9 Å². The van der Waals surface area contributed by atoms with E-state index >= 15 is 0 Å². The van der Waals surface area contributed by atoms with Gasteiger partial charge in [0.15, 0.2) is 0 Å². The number of ether oxygens (including phenoxy) is 4. The summed E-state index contributed by atoms with van der Waals surface area (Å²) in [7, 11) is 1.53. The van der Waals surface area contributed by atoms with E-state index in [9.17, 15) is 19.8 Å². The van der Waals surface area contributed by atoms with Crippen LogP contribution < -0.4 is 14.8 Å². The largest absolute Gasteiger partial charge is 0.493 e. The van der Waals surface area contributed by atoms with Crippen LogP contribution in [0.2, 0.25) is 0 Å². The smallest absolute Gasteiger partial charge is 0.329 e. The molecule has 2 aromatic carbocycles. The van der Waals surface area contributed by atoms with Gasteiger partial charge in [-0.15, -0.1) is 0 Å². The second-order valence-corrected chi connectivity index (χ2v) is 10.3. The number of carboxylic acid groups (broad SMARTS) is 1. The molecule has 3 N–H and O–H groups in total. The normalized spacial score (nSPS) is 20.3. The molecule has 0 bridgehead atoms. The number of aliphatic hydroxyl groups excluding tert-OH is 1. The third kappa shape index (κ3) is 7.69. The van der Waals surface area contributed by atoms with Gasteiger partial charge in [0.2, 0.25) is 0 Å². The van der Waals surface area contributed by atoms with Gasteiger partial charge >= 0.3 is 12.0 Å². The van der Waals surface area contributed by atoms with Gasteiger partial charge in [-0.1, -0.05) is 30.3 Å². The first-order chi connectivity index (χ1) is 19.6. The topological polar surface area (TPSA) is 127 Å². The number of amides is 2. The SMILES string of the molecule is CCOc1cc([C@@H](C)N(CCO[C@@H](C)c2ccccc2)C(=O)NC2(C(=O)O)CC(OC)C2)cc(OCC)c1C(C)O. The summed E-state index contributed by atoms with van der Waals surface area (Å²) < 4.78 is 23.1. The number of methoxy groups -OCH3 is 1. The maximum atomic E-state index is 13.8. The zero-order chi connectivity index (χ0) is 30.2. The first kappa shape index (κ1) is 32.2. The second kappa shape index (κ2) is 14.5. The highest BCUT2D eigenvalue weighted by atomic mass is 16.5. The van der Waals surface area contributed by atoms with E-state index in [1.807, 2.05) is 58.0 Å². The molecule has 0 heterocycles. The van der Waals surface area contributed by atoms with Gasteiger partial charge in [-0.3, -0.25) is 0 Å². The van der Waals surface area contributed by atoms with E-state index in [4.69, 9.17) is 18.9 Å². The van der Waals surface area contributed by atoms with Gasteiger partial charge in [0, 0.05) is 26.5 Å². The van der Waals surface area contributed by atoms with E-state index in [1.165, 1.54) is 7.11 Å². The lowest BCUT2D eigenvalue weighted by atomic mass is 9.74. The quantitative estimate of drug-likeness (QED) is 0.272. The first-order valence-corrected chi connectivity index (χ1v) is 14.2. The number of aliphatic carboxylic acids is 1. The van der Waals surface area contributed by atoms with Crippen molar-refractivity contribution in [3.8, 4) is 11.5 Å². The Morgan fingerprint density at radius 3 is 2.10 bits per heavy atom. The van der Waals surface area contributed by atoms with Crippen molar-refractivity contribution in [2.75, 3.05) is 33.5 Å². The van der Waals surface area contributed by atoms with Gasteiger partial charge in [0.25, 0.3) is 0 Å². The number of aliphatic hydroxyl groups is 1. The molecule has 2 aromatic rings. The average Bonchev–Trinajstić information content (AvgIpc) is 2.92. The van der Waals surface area contributed by atoms with Gasteiger partial charge in [-0.25, -0.2) is 9.59 Å². The number of urea groups is 1. The van der Waals surface area contributed by atoms with Crippen LogP contribution in [0.25, 0.3) is 0 Å². The van der Waals surface area contributed by atoms with Gasteiger partial charge in [-0.2, -0.15) is 0 Å². The first-order valence-electron chi connectivity index (χ1n) is 14.2. The van der Waals surface area contributed by atoms with Crippen LogP contribution in [-0.4, -0.2) is 72.2 Å². The molecule has 0 saturated heterocycles. The summed E-state index contributed by atoms with van der Waals surface area (Å²) >= 11 is 0. The molecule has 1 aliphatic rings. The van der Waals surface area contributed by atoms with Gasteiger partial charge < -0.3 is 39.4 Å². The molecule has 10 nitrogen and oxygen atoms in total. The molecular weight excluding hydrogens is 528 g/mol. The van der Waals surface area contributed by atoms with Crippen LogP contribution in [0.15, 0.2) is 42.5 Å². The number of benzene rings is 2. The zero-order valence-corrected chi connectivity index (χ0v) is 24.9. The Kier molecular flexibility index (Phi) is 11.4. The molecule has 41 heavy (non-hydrogen) atoms. The Balaban J connectivity index is 1.92. The molecule has 1 fully saturated rings. The molecule has 3 rings (SSSR count). The monoisotopic (exact) mass is 572 g/mol. The molecule has 1 saturated carbocycles. The van der Waals surface area contributed by atoms with Crippen LogP contribution in [0.1, 0.15) is 82.4 Å². The minimum atomic E-state index is -1.41. The Bertz CT molecular complexity index is 1120. The molecule has 1 unspecified atom stereocenters. The Morgan fingerprint density at radius 1 is 1.02 bits per heavy atom. The van der Waals surface area contributed by atoms with Crippen LogP contribution in [0.5, 0.6) is 11.5 Å². The van der Waals surface area contributed by atoms with Crippen molar-refractivity contribution < 1.29 is 38.7 Å². The predicted molar refractivity (Wildman–Crippen MR) is 154 cm³/mol. The number of carboxylic acids is 1. The molecule has 0 aromatic heterocycles. The lowest BCUT2D eigenvalue weighted by molar-refractivity contribution is -0.155. The summed E-state index contributed by atoms with van der Waals surface area (Å²) in [4.78, 5) is 27.5. The molecule has 10 heteroatoms. The van der Waals surface area contributed by atoms with E-state index in [-0.39, 0.29) is 38.2 Å². The van der Waals surface area contributed by atoms with E-state index in [2.05, 4.69) is 5.32 Å². The highest BCUT2D eigenvalue weighted by Gasteiger charge is 2.52. The summed E-state index contributed by atoms with van der Waals surface area (Å²) in [5.74, 6) is -0.165. The molecule has 0 spiro atoms. The zero-order valence-electron chi connectivity index (χ0n) is 24.9. The predicted octanol–water partition coefficient (Wildman–Crippen LogP) is 5.02. The average molecular weight is 573 g/mol. The summed E-state index contributed by atoms with van der Waals surface area (Å²) in [6.45, 7) is 10.3. The second-order valence-electron chi connectivity index (χ2n) is 10.3. The maximum Gasteiger partial charge on any atom is 0.329 e. The van der Waals surface area contributed by atoms with Gasteiger partial charge in [0.1, 0.15) is 17.0 Å². The Morgan fingerprint density at radius 2 is 1.61 bits per heavy atom. The van der Waals surface area contributed by atoms with Crippen LogP contribution in [0.4, 0.5) is 4.79 Å². The van der Waals surface area contributed by atoms with Crippen LogP contribution >= 0.6 is 0 Å². The number of carbonyl (C=O) groups is 2.